The molecule has 5 aromatic rings. The number of nitrogens with one attached hydrogen (secondary N) is 3. The minimum atomic E-state index is -4.81. The number of hydrogen-bond acceptors (Lipinski definition) is 14. The SMILES string of the molecule is Cc1ncsc1-c1ccc(CNC(=O)C2C[C@@H](O)CN2C(=O)C(NC(=O)COCCNC(=O)CCCn2cnc(-c3cnc(OC4CCN(C(=O)Cc5ccc(OC(F)(F)F)cc5)CC4)c(C(N)=O)c3)c2)C(C)(C)C)cc1. The average molecular weight is 1090 g/mol. The number of alkyl halides is 3. The molecule has 5 heterocycles. The van der Waals surface area contributed by atoms with Crippen LogP contribution in [0.3, 0.4) is 0 Å². The van der Waals surface area contributed by atoms with E-state index in [-0.39, 0.29) is 87.2 Å². The fraction of sp³-hybridized carbons (Fsp3) is 0.453. The third-order valence-corrected chi connectivity index (χ3v) is 13.9. The number of aliphatic hydroxyl groups is 1. The second-order valence-corrected chi connectivity index (χ2v) is 20.8. The number of piperidine rings is 1. The molecule has 77 heavy (non-hydrogen) atoms. The van der Waals surface area contributed by atoms with Crippen LogP contribution in [0.4, 0.5) is 13.2 Å². The Morgan fingerprint density at radius 2 is 1.64 bits per heavy atom. The predicted octanol–water partition coefficient (Wildman–Crippen LogP) is 4.71. The van der Waals surface area contributed by atoms with E-state index in [1.165, 1.54) is 29.3 Å². The first kappa shape index (κ1) is 57.3. The number of aliphatic hydroxyl groups excluding tert-OH is 1. The minimum Gasteiger partial charge on any atom is -0.474 e. The van der Waals surface area contributed by atoms with Crippen molar-refractivity contribution >= 4 is 46.8 Å². The number of amides is 6. The summed E-state index contributed by atoms with van der Waals surface area (Å²) < 4.78 is 54.7. The highest BCUT2D eigenvalue weighted by molar-refractivity contribution is 7.13. The van der Waals surface area contributed by atoms with Crippen LogP contribution in [0.1, 0.15) is 80.1 Å². The van der Waals surface area contributed by atoms with Crippen LogP contribution in [-0.2, 0) is 48.2 Å². The van der Waals surface area contributed by atoms with Crippen molar-refractivity contribution in [3.05, 3.63) is 101 Å². The molecule has 0 aliphatic carbocycles. The average Bonchev–Trinajstić information content (AvgIpc) is 4.15. The molecule has 2 fully saturated rings. The molecule has 6 N–H and O–H groups in total. The quantitative estimate of drug-likeness (QED) is 0.0589. The first-order chi connectivity index (χ1) is 36.6. The first-order valence-electron chi connectivity index (χ1n) is 25.1. The highest BCUT2D eigenvalue weighted by Gasteiger charge is 2.44. The van der Waals surface area contributed by atoms with Gasteiger partial charge in [-0.25, -0.2) is 15.0 Å². The molecular formula is C53H63F3N10O10S. The van der Waals surface area contributed by atoms with Crippen molar-refractivity contribution in [2.24, 2.45) is 11.1 Å². The molecule has 3 aromatic heterocycles. The van der Waals surface area contributed by atoms with Gasteiger partial charge in [-0.3, -0.25) is 28.8 Å². The van der Waals surface area contributed by atoms with E-state index in [4.69, 9.17) is 15.2 Å². The summed E-state index contributed by atoms with van der Waals surface area (Å²) in [7, 11) is 0. The van der Waals surface area contributed by atoms with E-state index in [2.05, 4.69) is 35.6 Å². The highest BCUT2D eigenvalue weighted by Crippen LogP contribution is 2.30. The summed E-state index contributed by atoms with van der Waals surface area (Å²) in [6.07, 6.45) is 0.309. The number of halogens is 3. The lowest BCUT2D eigenvalue weighted by Gasteiger charge is -2.35. The molecule has 7 rings (SSSR count). The van der Waals surface area contributed by atoms with Crippen molar-refractivity contribution < 1.29 is 61.3 Å². The van der Waals surface area contributed by atoms with Gasteiger partial charge in [0.2, 0.25) is 35.4 Å². The number of carbonyl (C=O) groups is 6. The summed E-state index contributed by atoms with van der Waals surface area (Å²) in [5.41, 5.74) is 11.2. The molecule has 0 saturated carbocycles. The number of aromatic nitrogens is 4. The monoisotopic (exact) mass is 1090 g/mol. The Balaban J connectivity index is 0.790. The molecule has 2 aromatic carbocycles. The van der Waals surface area contributed by atoms with Crippen LogP contribution in [0.15, 0.2) is 78.8 Å². The van der Waals surface area contributed by atoms with Gasteiger partial charge >= 0.3 is 6.36 Å². The van der Waals surface area contributed by atoms with E-state index in [1.807, 2.05) is 31.2 Å². The van der Waals surface area contributed by atoms with Gasteiger partial charge in [0.1, 0.15) is 36.1 Å². The summed E-state index contributed by atoms with van der Waals surface area (Å²) in [6, 6.07) is 12.5. The largest absolute Gasteiger partial charge is 0.573 e. The number of pyridine rings is 1. The summed E-state index contributed by atoms with van der Waals surface area (Å²) in [6.45, 7) is 8.38. The van der Waals surface area contributed by atoms with Gasteiger partial charge in [-0.05, 0) is 53.6 Å². The van der Waals surface area contributed by atoms with Crippen molar-refractivity contribution in [2.45, 2.75) is 110 Å². The number of β-amino-alcohol motifs (C(OH)–C–C–N with tert-alkyl or cyclic N) is 1. The van der Waals surface area contributed by atoms with Gasteiger partial charge in [0.15, 0.2) is 0 Å². The number of thiazole rings is 1. The molecule has 2 saturated heterocycles. The number of primary amides is 1. The number of nitrogens with zero attached hydrogens (tertiary/aromatic N) is 6. The standard InChI is InChI=1S/C53H63F3N10O10S/c1-32-46(77-31-62-32)35-11-7-34(8-12-35)25-59-49(72)42-24-37(67)27-66(42)51(73)47(52(2,3)4)63-44(69)29-74-21-17-58-43(68)6-5-18-64-28-41(61-30-64)36-23-40(48(57)71)50(60-26-36)75-38-15-19-65(20-16-38)45(70)22-33-9-13-39(14-10-33)76-53(54,55)56/h7-14,23,26,28,30-31,37-38,42,47,67H,5-6,15-22,24-25,27,29H2,1-4H3,(H2,57,71)(H,58,68)(H,59,72)(H,63,69)/t37-,42?,47?/m1/s1. The molecule has 24 heteroatoms. The van der Waals surface area contributed by atoms with Gasteiger partial charge in [-0.15, -0.1) is 24.5 Å². The van der Waals surface area contributed by atoms with Crippen LogP contribution < -0.4 is 31.2 Å². The number of carbonyl (C=O) groups excluding carboxylic acids is 6. The number of hydrogen-bond donors (Lipinski definition) is 5. The van der Waals surface area contributed by atoms with E-state index in [9.17, 15) is 47.0 Å². The molecule has 2 aliphatic heterocycles. The zero-order valence-electron chi connectivity index (χ0n) is 43.1. The van der Waals surface area contributed by atoms with Crippen molar-refractivity contribution in [1.82, 2.24) is 45.3 Å². The van der Waals surface area contributed by atoms with Gasteiger partial charge in [0.25, 0.3) is 5.91 Å². The van der Waals surface area contributed by atoms with Gasteiger partial charge < -0.3 is 55.4 Å². The van der Waals surface area contributed by atoms with Crippen LogP contribution >= 0.6 is 11.3 Å². The Kier molecular flexibility index (Phi) is 19.0. The topological polar surface area (TPSA) is 263 Å². The van der Waals surface area contributed by atoms with Gasteiger partial charge in [0.05, 0.1) is 47.2 Å². The molecule has 3 atom stereocenters. The van der Waals surface area contributed by atoms with E-state index < -0.39 is 53.6 Å². The lowest BCUT2D eigenvalue weighted by atomic mass is 9.85. The first-order valence-corrected chi connectivity index (χ1v) is 26.0. The minimum absolute atomic E-state index is 0.0000908. The van der Waals surface area contributed by atoms with Crippen LogP contribution in [0, 0.1) is 12.3 Å². The Labute approximate surface area is 446 Å². The lowest BCUT2D eigenvalue weighted by Crippen LogP contribution is -2.58. The van der Waals surface area contributed by atoms with Crippen LogP contribution in [0.2, 0.25) is 0 Å². The number of aryl methyl sites for hydroxylation is 2. The maximum absolute atomic E-state index is 14.0. The summed E-state index contributed by atoms with van der Waals surface area (Å²) in [5, 5.41) is 19.0. The van der Waals surface area contributed by atoms with E-state index >= 15 is 0 Å². The summed E-state index contributed by atoms with van der Waals surface area (Å²) in [4.78, 5) is 95.7. The van der Waals surface area contributed by atoms with E-state index in [0.29, 0.717) is 55.7 Å². The highest BCUT2D eigenvalue weighted by atomic mass is 32.1. The summed E-state index contributed by atoms with van der Waals surface area (Å²) >= 11 is 1.55. The molecule has 412 valence electrons. The third kappa shape index (κ3) is 16.3. The lowest BCUT2D eigenvalue weighted by molar-refractivity contribution is -0.274. The maximum Gasteiger partial charge on any atom is 0.573 e. The van der Waals surface area contributed by atoms with Crippen LogP contribution in [0.25, 0.3) is 21.7 Å². The molecule has 0 spiro atoms. The Morgan fingerprint density at radius 3 is 2.30 bits per heavy atom. The molecular weight excluding hydrogens is 1030 g/mol. The van der Waals surface area contributed by atoms with Gasteiger partial charge in [0, 0.05) is 82.9 Å². The molecule has 0 radical (unpaired) electrons. The van der Waals surface area contributed by atoms with Crippen LogP contribution in [-0.4, -0.2) is 140 Å². The smallest absolute Gasteiger partial charge is 0.474 e. The van der Waals surface area contributed by atoms with E-state index in [0.717, 1.165) is 33.8 Å². The molecule has 6 amide bonds. The second kappa shape index (κ2) is 25.6. The molecule has 0 bridgehead atoms. The zero-order valence-corrected chi connectivity index (χ0v) is 44.0. The van der Waals surface area contributed by atoms with Gasteiger partial charge in [-0.1, -0.05) is 57.2 Å². The van der Waals surface area contributed by atoms with Gasteiger partial charge in [-0.2, -0.15) is 0 Å². The van der Waals surface area contributed by atoms with Crippen molar-refractivity contribution in [3.8, 4) is 33.3 Å². The number of rotatable bonds is 22. The number of likely N-dealkylation sites (tertiary alicyclic amines) is 2. The number of imidazole rings is 1. The fourth-order valence-corrected chi connectivity index (χ4v) is 9.70. The number of benzene rings is 2. The zero-order chi connectivity index (χ0) is 55.4. The maximum atomic E-state index is 14.0. The third-order valence-electron chi connectivity index (χ3n) is 13.0. The van der Waals surface area contributed by atoms with E-state index in [1.54, 1.807) is 59.6 Å². The second-order valence-electron chi connectivity index (χ2n) is 20.0. The predicted molar refractivity (Wildman–Crippen MR) is 276 cm³/mol. The molecule has 2 aliphatic rings. The normalized spacial score (nSPS) is 16.4. The fourth-order valence-electron chi connectivity index (χ4n) is 8.89. The Bertz CT molecular complexity index is 2870. The van der Waals surface area contributed by atoms with Crippen LogP contribution in [0.5, 0.6) is 11.6 Å². The Morgan fingerprint density at radius 1 is 0.922 bits per heavy atom. The molecule has 20 nitrogen and oxygen atoms in total. The number of ether oxygens (including phenoxy) is 3. The summed E-state index contributed by atoms with van der Waals surface area (Å²) in [5.74, 6) is -3.00. The number of nitrogens with two attached hydrogens (primary N) is 1. The molecule has 2 unspecified atom stereocenters. The van der Waals surface area contributed by atoms with Crippen molar-refractivity contribution in [2.75, 3.05) is 39.4 Å². The Hall–Kier alpha value is -7.44. The van der Waals surface area contributed by atoms with Crippen molar-refractivity contribution in [3.63, 3.8) is 0 Å². The van der Waals surface area contributed by atoms with Crippen molar-refractivity contribution in [1.29, 1.82) is 0 Å².